The lowest BCUT2D eigenvalue weighted by Gasteiger charge is -2.36. The van der Waals surface area contributed by atoms with Crippen LogP contribution in [0.25, 0.3) is 90.1 Å². The second-order valence-electron chi connectivity index (χ2n) is 16.6. The number of hydrogen-bond acceptors (Lipinski definition) is 5. The molecule has 2 aromatic heterocycles. The molecule has 0 saturated heterocycles. The smallest absolute Gasteiger partial charge is 0.160 e. The summed E-state index contributed by atoms with van der Waals surface area (Å²) in [5.41, 5.74) is 15.7. The fourth-order valence-corrected chi connectivity index (χ4v) is 8.76. The van der Waals surface area contributed by atoms with E-state index in [0.717, 1.165) is 101 Å². The molecule has 0 unspecified atom stereocenters. The van der Waals surface area contributed by atoms with E-state index in [1.807, 2.05) is 72.8 Å². The first kappa shape index (κ1) is 38.6. The molecule has 11 rings (SSSR count). The number of nitrogens with zero attached hydrogens (tertiary/aromatic N) is 4. The van der Waals surface area contributed by atoms with Crippen molar-refractivity contribution in [1.29, 1.82) is 0 Å². The fourth-order valence-electron chi connectivity index (χ4n) is 8.76. The van der Waals surface area contributed by atoms with Gasteiger partial charge in [0.05, 0.1) is 22.8 Å². The van der Waals surface area contributed by atoms with Gasteiger partial charge < -0.3 is 4.74 Å². The quantitative estimate of drug-likeness (QED) is 0.153. The molecule has 5 heteroatoms. The van der Waals surface area contributed by atoms with Gasteiger partial charge in [-0.25, -0.2) is 19.9 Å². The van der Waals surface area contributed by atoms with Gasteiger partial charge in [-0.15, -0.1) is 0 Å². The van der Waals surface area contributed by atoms with Crippen LogP contribution in [0.2, 0.25) is 0 Å². The molecule has 0 bridgehead atoms. The molecule has 0 amide bonds. The van der Waals surface area contributed by atoms with E-state index in [9.17, 15) is 0 Å². The maximum atomic E-state index is 7.12. The molecule has 5 nitrogen and oxygen atoms in total. The van der Waals surface area contributed by atoms with E-state index in [2.05, 4.69) is 159 Å². The zero-order valence-corrected chi connectivity index (χ0v) is 35.5. The van der Waals surface area contributed by atoms with Crippen LogP contribution in [-0.2, 0) is 5.41 Å². The summed E-state index contributed by atoms with van der Waals surface area (Å²) >= 11 is 0. The lowest BCUT2D eigenvalue weighted by Crippen LogP contribution is -2.25. The van der Waals surface area contributed by atoms with Crippen molar-refractivity contribution in [3.05, 3.63) is 230 Å². The van der Waals surface area contributed by atoms with E-state index in [4.69, 9.17) is 24.7 Å². The highest BCUT2D eigenvalue weighted by Gasteiger charge is 2.37. The number of rotatable bonds is 8. The van der Waals surface area contributed by atoms with Gasteiger partial charge >= 0.3 is 0 Å². The van der Waals surface area contributed by atoms with E-state index in [1.54, 1.807) is 0 Å². The Hall–Kier alpha value is -8.28. The minimum Gasteiger partial charge on any atom is -0.455 e. The molecule has 0 fully saturated rings. The van der Waals surface area contributed by atoms with Crippen molar-refractivity contribution < 1.29 is 4.74 Å². The standard InChI is InChI=1S/C59H42N4O/c1-59(2)49-27-15-25-47(39-29-33-45(34-30-39)57-60-51(41-17-7-3-8-18-41)37-52(61-57)42-19-9-4-10-20-42)55(49)64-56-48(26-16-28-50(56)59)40-31-35-46(36-32-40)58-62-53(43-21-11-5-12-22-43)38-54(63-58)44-23-13-6-14-24-44/h3-38H,1-2H3. The monoisotopic (exact) mass is 822 g/mol. The van der Waals surface area contributed by atoms with Crippen LogP contribution in [0.1, 0.15) is 25.0 Å². The lowest BCUT2D eigenvalue weighted by atomic mass is 9.74. The van der Waals surface area contributed by atoms with Crippen LogP contribution in [0.5, 0.6) is 11.5 Å². The van der Waals surface area contributed by atoms with Crippen LogP contribution in [-0.4, -0.2) is 19.9 Å². The summed E-state index contributed by atoms with van der Waals surface area (Å²) < 4.78 is 7.12. The predicted molar refractivity (Wildman–Crippen MR) is 260 cm³/mol. The Kier molecular flexibility index (Phi) is 9.78. The van der Waals surface area contributed by atoms with Crippen molar-refractivity contribution in [2.45, 2.75) is 19.3 Å². The Morgan fingerprint density at radius 2 is 0.594 bits per heavy atom. The molecule has 0 aliphatic carbocycles. The highest BCUT2D eigenvalue weighted by atomic mass is 16.5. The van der Waals surface area contributed by atoms with Gasteiger partial charge in [0.2, 0.25) is 0 Å². The van der Waals surface area contributed by atoms with Crippen LogP contribution in [0, 0.1) is 0 Å². The summed E-state index contributed by atoms with van der Waals surface area (Å²) in [6.07, 6.45) is 0. The van der Waals surface area contributed by atoms with Gasteiger partial charge in [-0.3, -0.25) is 0 Å². The van der Waals surface area contributed by atoms with Crippen LogP contribution in [0.15, 0.2) is 218 Å². The second kappa shape index (κ2) is 16.2. The average Bonchev–Trinajstić information content (AvgIpc) is 3.37. The van der Waals surface area contributed by atoms with Crippen molar-refractivity contribution in [1.82, 2.24) is 19.9 Å². The topological polar surface area (TPSA) is 60.8 Å². The third kappa shape index (κ3) is 7.23. The molecule has 0 spiro atoms. The lowest BCUT2D eigenvalue weighted by molar-refractivity contribution is 0.421. The van der Waals surface area contributed by atoms with E-state index in [0.29, 0.717) is 11.6 Å². The fraction of sp³-hybridized carbons (Fsp3) is 0.0508. The van der Waals surface area contributed by atoms with Crippen LogP contribution < -0.4 is 4.74 Å². The largest absolute Gasteiger partial charge is 0.455 e. The number of benzene rings is 8. The van der Waals surface area contributed by atoms with Gasteiger partial charge in [0.1, 0.15) is 11.5 Å². The molecule has 1 aliphatic heterocycles. The van der Waals surface area contributed by atoms with Gasteiger partial charge in [0.25, 0.3) is 0 Å². The molecule has 64 heavy (non-hydrogen) atoms. The van der Waals surface area contributed by atoms with Crippen LogP contribution in [0.4, 0.5) is 0 Å². The Bertz CT molecular complexity index is 2940. The first-order valence-corrected chi connectivity index (χ1v) is 21.6. The van der Waals surface area contributed by atoms with Crippen LogP contribution >= 0.6 is 0 Å². The highest BCUT2D eigenvalue weighted by molar-refractivity contribution is 5.83. The molecule has 8 aromatic carbocycles. The number of fused-ring (bicyclic) bond motifs is 2. The number of hydrogen-bond donors (Lipinski definition) is 0. The molecule has 0 saturated carbocycles. The van der Waals surface area contributed by atoms with E-state index >= 15 is 0 Å². The summed E-state index contributed by atoms with van der Waals surface area (Å²) in [4.78, 5) is 20.3. The SMILES string of the molecule is CC1(C)c2cccc(-c3ccc(-c4nc(-c5ccccc5)cc(-c5ccccc5)n4)cc3)c2Oc2c(-c3ccc(-c4nc(-c5ccccc5)cc(-c5ccccc5)n4)cc3)cccc21. The Labute approximate surface area is 373 Å². The van der Waals surface area contributed by atoms with Crippen molar-refractivity contribution in [2.75, 3.05) is 0 Å². The number of ether oxygens (including phenoxy) is 1. The number of aromatic nitrogens is 4. The van der Waals surface area contributed by atoms with E-state index in [1.165, 1.54) is 0 Å². The Morgan fingerprint density at radius 1 is 0.297 bits per heavy atom. The predicted octanol–water partition coefficient (Wildman–Crippen LogP) is 15.0. The molecule has 0 atom stereocenters. The maximum Gasteiger partial charge on any atom is 0.160 e. The highest BCUT2D eigenvalue weighted by Crippen LogP contribution is 2.54. The summed E-state index contributed by atoms with van der Waals surface area (Å²) in [5.74, 6) is 3.09. The third-order valence-corrected chi connectivity index (χ3v) is 12.2. The van der Waals surface area contributed by atoms with Crippen molar-refractivity contribution in [3.63, 3.8) is 0 Å². The molecular formula is C59H42N4O. The molecule has 0 N–H and O–H groups in total. The maximum absolute atomic E-state index is 7.12. The third-order valence-electron chi connectivity index (χ3n) is 12.2. The molecule has 10 aromatic rings. The molecule has 304 valence electrons. The second-order valence-corrected chi connectivity index (χ2v) is 16.6. The number of para-hydroxylation sites is 2. The van der Waals surface area contributed by atoms with Gasteiger partial charge in [-0.05, 0) is 23.3 Å². The summed E-state index contributed by atoms with van der Waals surface area (Å²) in [7, 11) is 0. The van der Waals surface area contributed by atoms with Gasteiger partial charge in [0.15, 0.2) is 11.6 Å². The van der Waals surface area contributed by atoms with E-state index in [-0.39, 0.29) is 5.41 Å². The van der Waals surface area contributed by atoms with Gasteiger partial charge in [-0.1, -0.05) is 220 Å². The van der Waals surface area contributed by atoms with Crippen molar-refractivity contribution in [3.8, 4) is 102 Å². The van der Waals surface area contributed by atoms with Crippen LogP contribution in [0.3, 0.4) is 0 Å². The molecule has 3 heterocycles. The zero-order chi connectivity index (χ0) is 43.0. The first-order chi connectivity index (χ1) is 31.5. The summed E-state index contributed by atoms with van der Waals surface area (Å²) in [6, 6.07) is 75.3. The van der Waals surface area contributed by atoms with Gasteiger partial charge in [0, 0.05) is 61.0 Å². The molecule has 1 aliphatic rings. The average molecular weight is 823 g/mol. The zero-order valence-electron chi connectivity index (χ0n) is 35.5. The minimum atomic E-state index is -0.325. The molecular weight excluding hydrogens is 781 g/mol. The Morgan fingerprint density at radius 3 is 0.906 bits per heavy atom. The minimum absolute atomic E-state index is 0.325. The van der Waals surface area contributed by atoms with Crippen molar-refractivity contribution >= 4 is 0 Å². The first-order valence-electron chi connectivity index (χ1n) is 21.6. The Balaban J connectivity index is 0.937. The van der Waals surface area contributed by atoms with Gasteiger partial charge in [-0.2, -0.15) is 0 Å². The normalized spacial score (nSPS) is 12.5. The van der Waals surface area contributed by atoms with E-state index < -0.39 is 0 Å². The summed E-state index contributed by atoms with van der Waals surface area (Å²) in [6.45, 7) is 4.57. The van der Waals surface area contributed by atoms with Crippen molar-refractivity contribution in [2.24, 2.45) is 0 Å². The molecule has 0 radical (unpaired) electrons. The summed E-state index contributed by atoms with van der Waals surface area (Å²) in [5, 5.41) is 0.